The maximum Gasteiger partial charge on any atom is 0.415 e. The molecule has 6 rings (SSSR count). The Kier molecular flexibility index (Phi) is 4.24. The molecule has 2 aromatic rings. The number of fused-ring (bicyclic) bond motifs is 4. The van der Waals surface area contributed by atoms with E-state index < -0.39 is 0 Å². The lowest BCUT2D eigenvalue weighted by molar-refractivity contribution is 0.141. The summed E-state index contributed by atoms with van der Waals surface area (Å²) in [6.45, 7) is 6.27. The highest BCUT2D eigenvalue weighted by molar-refractivity contribution is 5.86. The minimum atomic E-state index is -0.286. The molecular weight excluding hydrogens is 380 g/mol. The molecule has 7 nitrogen and oxygen atoms in total. The number of benzene rings is 1. The lowest BCUT2D eigenvalue weighted by atomic mass is 9.98. The van der Waals surface area contributed by atoms with E-state index in [9.17, 15) is 4.79 Å². The van der Waals surface area contributed by atoms with Gasteiger partial charge in [0, 0.05) is 44.7 Å². The zero-order valence-electron chi connectivity index (χ0n) is 16.8. The van der Waals surface area contributed by atoms with Gasteiger partial charge in [-0.25, -0.2) is 9.78 Å². The van der Waals surface area contributed by atoms with Crippen molar-refractivity contribution in [2.75, 3.05) is 45.9 Å². The second-order valence-electron chi connectivity index (χ2n) is 8.27. The van der Waals surface area contributed by atoms with Crippen molar-refractivity contribution in [3.05, 3.63) is 52.7 Å². The van der Waals surface area contributed by atoms with Gasteiger partial charge in [-0.05, 0) is 53.5 Å². The zero-order valence-corrected chi connectivity index (χ0v) is 16.8. The summed E-state index contributed by atoms with van der Waals surface area (Å²) in [5.74, 6) is 0.567. The van der Waals surface area contributed by atoms with Gasteiger partial charge in [0.05, 0.1) is 30.1 Å². The van der Waals surface area contributed by atoms with Gasteiger partial charge < -0.3 is 24.6 Å². The molecule has 0 atom stereocenters. The summed E-state index contributed by atoms with van der Waals surface area (Å²) < 4.78 is 11.3. The number of rotatable bonds is 1. The number of piperazine rings is 1. The van der Waals surface area contributed by atoms with E-state index in [1.807, 2.05) is 18.2 Å². The molecule has 0 saturated carbocycles. The smallest absolute Gasteiger partial charge is 0.410 e. The van der Waals surface area contributed by atoms with Crippen LogP contribution in [0.1, 0.15) is 17.7 Å². The Morgan fingerprint density at radius 1 is 1.17 bits per heavy atom. The number of aromatic nitrogens is 1. The quantitative estimate of drug-likeness (QED) is 0.788. The SMILES string of the molecule is O=C(Oc1ccc2nc3c(cc2c1)CN1CC2=C(C=C31)CCOC2)N1CCNCC1. The number of nitrogens with one attached hydrogen (secondary N) is 1. The average Bonchev–Trinajstić information content (AvgIpc) is 3.12. The Morgan fingerprint density at radius 2 is 2.07 bits per heavy atom. The molecule has 1 saturated heterocycles. The van der Waals surface area contributed by atoms with Crippen molar-refractivity contribution in [3.63, 3.8) is 0 Å². The molecular formula is C23H24N4O3. The fraction of sp³-hybridized carbons (Fsp3) is 0.391. The molecule has 0 spiro atoms. The van der Waals surface area contributed by atoms with Crippen LogP contribution in [-0.2, 0) is 11.3 Å². The van der Waals surface area contributed by atoms with E-state index in [1.165, 1.54) is 22.4 Å². The van der Waals surface area contributed by atoms with Gasteiger partial charge in [0.2, 0.25) is 0 Å². The van der Waals surface area contributed by atoms with Gasteiger partial charge in [-0.3, -0.25) is 0 Å². The number of ether oxygens (including phenoxy) is 2. The van der Waals surface area contributed by atoms with Crippen LogP contribution in [0.5, 0.6) is 5.75 Å². The third-order valence-corrected chi connectivity index (χ3v) is 6.33. The van der Waals surface area contributed by atoms with Crippen LogP contribution in [0.3, 0.4) is 0 Å². The first kappa shape index (κ1) is 17.9. The molecule has 1 N–H and O–H groups in total. The van der Waals surface area contributed by atoms with Crippen molar-refractivity contribution in [1.29, 1.82) is 0 Å². The highest BCUT2D eigenvalue weighted by atomic mass is 16.6. The highest BCUT2D eigenvalue weighted by Crippen LogP contribution is 2.39. The third kappa shape index (κ3) is 3.05. The fourth-order valence-corrected chi connectivity index (χ4v) is 4.72. The van der Waals surface area contributed by atoms with Gasteiger partial charge >= 0.3 is 6.09 Å². The second kappa shape index (κ2) is 7.11. The first-order chi connectivity index (χ1) is 14.7. The molecule has 7 heteroatoms. The van der Waals surface area contributed by atoms with Crippen LogP contribution >= 0.6 is 0 Å². The molecule has 0 unspecified atom stereocenters. The summed E-state index contributed by atoms with van der Waals surface area (Å²) >= 11 is 0. The number of carbonyl (C=O) groups excluding carboxylic acids is 1. The maximum atomic E-state index is 12.4. The number of hydrogen-bond acceptors (Lipinski definition) is 6. The standard InChI is InChI=1S/C23H24N4O3/c28-23(26-6-4-24-5-7-26)30-19-1-2-20-16(10-19)9-17-12-27-13-18-14-29-8-3-15(18)11-21(27)22(17)25-20/h1-2,9-11,24H,3-8,12-14H2. The predicted octanol–water partition coefficient (Wildman–Crippen LogP) is 2.53. The lowest BCUT2D eigenvalue weighted by Crippen LogP contribution is -2.47. The van der Waals surface area contributed by atoms with Gasteiger partial charge in [0.1, 0.15) is 5.75 Å². The number of allylic oxidation sites excluding steroid dienone is 1. The van der Waals surface area contributed by atoms with Crippen molar-refractivity contribution >= 4 is 22.7 Å². The van der Waals surface area contributed by atoms with Gasteiger partial charge in [0.25, 0.3) is 0 Å². The Labute approximate surface area is 174 Å². The van der Waals surface area contributed by atoms with Crippen molar-refractivity contribution in [1.82, 2.24) is 20.1 Å². The number of carbonyl (C=O) groups is 1. The van der Waals surface area contributed by atoms with Crippen LogP contribution in [0, 0.1) is 0 Å². The topological polar surface area (TPSA) is 66.9 Å². The summed E-state index contributed by atoms with van der Waals surface area (Å²) in [6.07, 6.45) is 3.00. The number of hydrogen-bond donors (Lipinski definition) is 1. The number of amides is 1. The Balaban J connectivity index is 1.29. The normalized spacial score (nSPS) is 20.6. The minimum Gasteiger partial charge on any atom is -0.410 e. The van der Waals surface area contributed by atoms with Gasteiger partial charge in [-0.2, -0.15) is 0 Å². The molecule has 0 aliphatic carbocycles. The Hall–Kier alpha value is -2.90. The fourth-order valence-electron chi connectivity index (χ4n) is 4.72. The summed E-state index contributed by atoms with van der Waals surface area (Å²) in [5, 5.41) is 4.24. The monoisotopic (exact) mass is 404 g/mol. The molecule has 5 heterocycles. The van der Waals surface area contributed by atoms with Crippen LogP contribution in [0.4, 0.5) is 4.79 Å². The molecule has 4 aliphatic heterocycles. The Morgan fingerprint density at radius 3 is 2.97 bits per heavy atom. The number of pyridine rings is 1. The average molecular weight is 404 g/mol. The van der Waals surface area contributed by atoms with Crippen LogP contribution in [-0.4, -0.2) is 66.8 Å². The van der Waals surface area contributed by atoms with E-state index in [1.54, 1.807) is 4.90 Å². The van der Waals surface area contributed by atoms with E-state index in [4.69, 9.17) is 14.5 Å². The van der Waals surface area contributed by atoms with Crippen LogP contribution in [0.25, 0.3) is 16.6 Å². The van der Waals surface area contributed by atoms with Crippen LogP contribution in [0.15, 0.2) is 41.5 Å². The van der Waals surface area contributed by atoms with Gasteiger partial charge in [-0.15, -0.1) is 0 Å². The van der Waals surface area contributed by atoms with E-state index in [-0.39, 0.29) is 6.09 Å². The molecule has 4 aliphatic rings. The zero-order chi connectivity index (χ0) is 20.1. The molecule has 1 aromatic heterocycles. The predicted molar refractivity (Wildman–Crippen MR) is 113 cm³/mol. The molecule has 0 radical (unpaired) electrons. The summed E-state index contributed by atoms with van der Waals surface area (Å²) in [6, 6.07) is 7.89. The third-order valence-electron chi connectivity index (χ3n) is 6.33. The highest BCUT2D eigenvalue weighted by Gasteiger charge is 2.31. The summed E-state index contributed by atoms with van der Waals surface area (Å²) in [5.41, 5.74) is 7.25. The van der Waals surface area contributed by atoms with E-state index in [0.717, 1.165) is 62.4 Å². The van der Waals surface area contributed by atoms with Crippen LogP contribution in [0.2, 0.25) is 0 Å². The van der Waals surface area contributed by atoms with Crippen molar-refractivity contribution in [3.8, 4) is 5.75 Å². The molecule has 154 valence electrons. The first-order valence-corrected chi connectivity index (χ1v) is 10.6. The largest absolute Gasteiger partial charge is 0.415 e. The summed E-state index contributed by atoms with van der Waals surface area (Å²) in [4.78, 5) is 21.5. The van der Waals surface area contributed by atoms with E-state index in [2.05, 4.69) is 22.4 Å². The van der Waals surface area contributed by atoms with Gasteiger partial charge in [-0.1, -0.05) is 0 Å². The molecule has 0 bridgehead atoms. The van der Waals surface area contributed by atoms with Crippen molar-refractivity contribution in [2.24, 2.45) is 0 Å². The molecule has 1 aromatic carbocycles. The van der Waals surface area contributed by atoms with Crippen molar-refractivity contribution in [2.45, 2.75) is 13.0 Å². The van der Waals surface area contributed by atoms with E-state index >= 15 is 0 Å². The van der Waals surface area contributed by atoms with E-state index in [0.29, 0.717) is 18.8 Å². The first-order valence-electron chi connectivity index (χ1n) is 10.6. The molecule has 1 fully saturated rings. The Bertz CT molecular complexity index is 1100. The molecule has 30 heavy (non-hydrogen) atoms. The second-order valence-corrected chi connectivity index (χ2v) is 8.27. The molecule has 1 amide bonds. The minimum absolute atomic E-state index is 0.286. The van der Waals surface area contributed by atoms with Crippen molar-refractivity contribution < 1.29 is 14.3 Å². The van der Waals surface area contributed by atoms with Crippen LogP contribution < -0.4 is 10.1 Å². The lowest BCUT2D eigenvalue weighted by Gasteiger charge is -2.30. The number of nitrogens with zero attached hydrogens (tertiary/aromatic N) is 3. The summed E-state index contributed by atoms with van der Waals surface area (Å²) in [7, 11) is 0. The van der Waals surface area contributed by atoms with Gasteiger partial charge in [0.15, 0.2) is 0 Å². The maximum absolute atomic E-state index is 12.4.